The number of nitrogens with one attached hydrogen (secondary N) is 2. The zero-order valence-electron chi connectivity index (χ0n) is 15.6. The molecule has 2 aliphatic heterocycles. The molecule has 0 atom stereocenters. The van der Waals surface area contributed by atoms with Gasteiger partial charge in [0.1, 0.15) is 13.2 Å². The van der Waals surface area contributed by atoms with Crippen LogP contribution < -0.4 is 20.1 Å². The van der Waals surface area contributed by atoms with E-state index in [1.807, 2.05) is 12.1 Å². The number of aliphatic imine (C=N–C) groups is 1. The van der Waals surface area contributed by atoms with Gasteiger partial charge < -0.3 is 24.8 Å². The lowest BCUT2D eigenvalue weighted by Gasteiger charge is -2.26. The average Bonchev–Trinajstić information content (AvgIpc) is 2.68. The van der Waals surface area contributed by atoms with E-state index in [2.05, 4.69) is 20.5 Å². The maximum absolute atomic E-state index is 6.28. The van der Waals surface area contributed by atoms with E-state index in [1.165, 1.54) is 0 Å². The number of halogens is 2. The fraction of sp³-hybridized carbons (Fsp3) is 0.611. The predicted octanol–water partition coefficient (Wildman–Crippen LogP) is 1.77. The zero-order chi connectivity index (χ0) is 18.2. The summed E-state index contributed by atoms with van der Waals surface area (Å²) in [4.78, 5) is 6.66. The van der Waals surface area contributed by atoms with Crippen LogP contribution in [0.25, 0.3) is 0 Å². The summed E-state index contributed by atoms with van der Waals surface area (Å²) in [6.45, 7) is 7.35. The van der Waals surface area contributed by atoms with E-state index in [-0.39, 0.29) is 24.0 Å². The molecule has 0 aromatic heterocycles. The Morgan fingerprint density at radius 2 is 1.85 bits per heavy atom. The van der Waals surface area contributed by atoms with Gasteiger partial charge in [-0.05, 0) is 24.1 Å². The first-order valence-corrected chi connectivity index (χ1v) is 9.46. The van der Waals surface area contributed by atoms with Gasteiger partial charge >= 0.3 is 0 Å². The van der Waals surface area contributed by atoms with Crippen molar-refractivity contribution in [2.24, 2.45) is 4.99 Å². The lowest BCUT2D eigenvalue weighted by molar-refractivity contribution is 0.0389. The van der Waals surface area contributed by atoms with Gasteiger partial charge in [0, 0.05) is 39.8 Å². The van der Waals surface area contributed by atoms with Crippen LogP contribution in [0, 0.1) is 0 Å². The Kier molecular flexibility index (Phi) is 9.74. The lowest BCUT2D eigenvalue weighted by atomic mass is 10.1. The van der Waals surface area contributed by atoms with Crippen molar-refractivity contribution in [3.05, 3.63) is 22.7 Å². The molecule has 1 aromatic carbocycles. The van der Waals surface area contributed by atoms with Crippen LogP contribution in [0.15, 0.2) is 17.1 Å². The fourth-order valence-corrected chi connectivity index (χ4v) is 3.30. The number of morpholine rings is 1. The second-order valence-electron chi connectivity index (χ2n) is 6.23. The van der Waals surface area contributed by atoms with Gasteiger partial charge in [-0.15, -0.1) is 24.0 Å². The molecule has 2 N–H and O–H groups in total. The summed E-state index contributed by atoms with van der Waals surface area (Å²) in [6, 6.07) is 3.93. The van der Waals surface area contributed by atoms with E-state index in [0.29, 0.717) is 24.0 Å². The molecular weight excluding hydrogens is 483 g/mol. The monoisotopic (exact) mass is 510 g/mol. The highest BCUT2D eigenvalue weighted by atomic mass is 127. The lowest BCUT2D eigenvalue weighted by Crippen LogP contribution is -2.44. The van der Waals surface area contributed by atoms with E-state index < -0.39 is 0 Å². The minimum Gasteiger partial charge on any atom is -0.486 e. The molecule has 0 spiro atoms. The summed E-state index contributed by atoms with van der Waals surface area (Å²) in [5, 5.41) is 7.29. The number of guanidine groups is 1. The molecule has 2 aliphatic rings. The summed E-state index contributed by atoms with van der Waals surface area (Å²) >= 11 is 6.28. The van der Waals surface area contributed by atoms with Crippen LogP contribution in [0.3, 0.4) is 0 Å². The fourth-order valence-electron chi connectivity index (χ4n) is 3.01. The quantitative estimate of drug-likeness (QED) is 0.345. The topological polar surface area (TPSA) is 67.4 Å². The molecule has 1 fully saturated rings. The van der Waals surface area contributed by atoms with Gasteiger partial charge in [0.15, 0.2) is 17.5 Å². The van der Waals surface area contributed by atoms with Gasteiger partial charge in [0.25, 0.3) is 0 Å². The van der Waals surface area contributed by atoms with Crippen molar-refractivity contribution in [1.29, 1.82) is 0 Å². The molecule has 1 aromatic rings. The van der Waals surface area contributed by atoms with Crippen LogP contribution in [0.4, 0.5) is 0 Å². The third-order valence-corrected chi connectivity index (χ3v) is 4.69. The molecule has 27 heavy (non-hydrogen) atoms. The molecule has 1 saturated heterocycles. The largest absolute Gasteiger partial charge is 0.486 e. The van der Waals surface area contributed by atoms with Crippen molar-refractivity contribution in [3.8, 4) is 11.5 Å². The summed E-state index contributed by atoms with van der Waals surface area (Å²) in [6.07, 6.45) is 0.820. The molecule has 0 bridgehead atoms. The Bertz CT molecular complexity index is 627. The first-order chi connectivity index (χ1) is 12.8. The standard InChI is InChI=1S/C18H27ClN4O3.HI/c1-20-18(22-4-5-23-6-8-24-9-7-23)21-3-2-14-12-15(19)17-16(13-14)25-10-11-26-17;/h12-13H,2-11H2,1H3,(H2,20,21,22);1H. The van der Waals surface area contributed by atoms with Crippen molar-refractivity contribution in [3.63, 3.8) is 0 Å². The molecule has 9 heteroatoms. The van der Waals surface area contributed by atoms with E-state index in [0.717, 1.165) is 69.6 Å². The number of fused-ring (bicyclic) bond motifs is 1. The second-order valence-corrected chi connectivity index (χ2v) is 6.64. The Morgan fingerprint density at radius 1 is 1.11 bits per heavy atom. The first kappa shape index (κ1) is 22.3. The van der Waals surface area contributed by atoms with Crippen LogP contribution >= 0.6 is 35.6 Å². The minimum absolute atomic E-state index is 0. The molecule has 0 unspecified atom stereocenters. The van der Waals surface area contributed by atoms with Crippen LogP contribution in [-0.2, 0) is 11.2 Å². The van der Waals surface area contributed by atoms with Crippen molar-refractivity contribution >= 4 is 41.5 Å². The summed E-state index contributed by atoms with van der Waals surface area (Å²) in [5.74, 6) is 2.18. The third-order valence-electron chi connectivity index (χ3n) is 4.41. The Morgan fingerprint density at radius 3 is 2.63 bits per heavy atom. The number of benzene rings is 1. The van der Waals surface area contributed by atoms with Gasteiger partial charge in [-0.25, -0.2) is 0 Å². The maximum atomic E-state index is 6.28. The van der Waals surface area contributed by atoms with Crippen LogP contribution in [-0.4, -0.2) is 77.1 Å². The minimum atomic E-state index is 0. The summed E-state index contributed by atoms with van der Waals surface area (Å²) < 4.78 is 16.5. The highest BCUT2D eigenvalue weighted by Gasteiger charge is 2.16. The average molecular weight is 511 g/mol. The summed E-state index contributed by atoms with van der Waals surface area (Å²) in [5.41, 5.74) is 1.11. The van der Waals surface area contributed by atoms with Gasteiger partial charge in [0.2, 0.25) is 0 Å². The van der Waals surface area contributed by atoms with Crippen molar-refractivity contribution in [2.45, 2.75) is 6.42 Å². The maximum Gasteiger partial charge on any atom is 0.191 e. The van der Waals surface area contributed by atoms with E-state index >= 15 is 0 Å². The second kappa shape index (κ2) is 11.8. The Labute approximate surface area is 182 Å². The van der Waals surface area contributed by atoms with Crippen LogP contribution in [0.2, 0.25) is 5.02 Å². The van der Waals surface area contributed by atoms with Gasteiger partial charge in [0.05, 0.1) is 18.2 Å². The molecule has 0 aliphatic carbocycles. The van der Waals surface area contributed by atoms with E-state index in [1.54, 1.807) is 7.05 Å². The number of nitrogens with zero attached hydrogens (tertiary/aromatic N) is 2. The molecular formula is C18H28ClIN4O3. The predicted molar refractivity (Wildman–Crippen MR) is 118 cm³/mol. The van der Waals surface area contributed by atoms with Crippen LogP contribution in [0.5, 0.6) is 11.5 Å². The summed E-state index contributed by atoms with van der Waals surface area (Å²) in [7, 11) is 1.78. The molecule has 152 valence electrons. The Hall–Kier alpha value is -0.970. The van der Waals surface area contributed by atoms with E-state index in [4.69, 9.17) is 25.8 Å². The highest BCUT2D eigenvalue weighted by molar-refractivity contribution is 14.0. The number of rotatable bonds is 6. The normalized spacial score (nSPS) is 17.2. The smallest absolute Gasteiger partial charge is 0.191 e. The number of ether oxygens (including phenoxy) is 3. The van der Waals surface area contributed by atoms with Crippen molar-refractivity contribution in [1.82, 2.24) is 15.5 Å². The number of hydrogen-bond acceptors (Lipinski definition) is 5. The first-order valence-electron chi connectivity index (χ1n) is 9.09. The van der Waals surface area contributed by atoms with Gasteiger partial charge in [-0.3, -0.25) is 9.89 Å². The highest BCUT2D eigenvalue weighted by Crippen LogP contribution is 2.38. The van der Waals surface area contributed by atoms with Crippen molar-refractivity contribution < 1.29 is 14.2 Å². The molecule has 2 heterocycles. The molecule has 7 nitrogen and oxygen atoms in total. The zero-order valence-corrected chi connectivity index (χ0v) is 18.7. The molecule has 0 radical (unpaired) electrons. The Balaban J connectivity index is 0.00000261. The van der Waals surface area contributed by atoms with Crippen LogP contribution in [0.1, 0.15) is 5.56 Å². The number of hydrogen-bond donors (Lipinski definition) is 2. The SMILES string of the molecule is CN=C(NCCc1cc(Cl)c2c(c1)OCCO2)NCCN1CCOCC1.I. The van der Waals surface area contributed by atoms with Crippen molar-refractivity contribution in [2.75, 3.05) is 66.2 Å². The van der Waals surface area contributed by atoms with Gasteiger partial charge in [-0.2, -0.15) is 0 Å². The third kappa shape index (κ3) is 6.85. The van der Waals surface area contributed by atoms with Gasteiger partial charge in [-0.1, -0.05) is 11.6 Å². The van der Waals surface area contributed by atoms with E-state index in [9.17, 15) is 0 Å². The molecule has 0 amide bonds. The molecule has 3 rings (SSSR count). The molecule has 0 saturated carbocycles.